The van der Waals surface area contributed by atoms with Crippen LogP contribution < -0.4 is 4.72 Å². The van der Waals surface area contributed by atoms with Gasteiger partial charge in [-0.2, -0.15) is 10.2 Å². The van der Waals surface area contributed by atoms with E-state index in [2.05, 4.69) is 14.9 Å². The fraction of sp³-hybridized carbons (Fsp3) is 0.286. The van der Waals surface area contributed by atoms with Crippen LogP contribution >= 0.6 is 0 Å². The number of aryl methyl sites for hydroxylation is 2. The van der Waals surface area contributed by atoms with Crippen LogP contribution in [0.5, 0.6) is 0 Å². The summed E-state index contributed by atoms with van der Waals surface area (Å²) < 4.78 is 27.2. The molecule has 0 amide bonds. The van der Waals surface area contributed by atoms with E-state index in [1.165, 1.54) is 12.3 Å². The fourth-order valence-corrected chi connectivity index (χ4v) is 3.28. The molecule has 0 radical (unpaired) electrons. The molecule has 0 atom stereocenters. The van der Waals surface area contributed by atoms with Crippen LogP contribution in [0.15, 0.2) is 35.4 Å². The minimum absolute atomic E-state index is 0.0674. The third kappa shape index (κ3) is 3.63. The van der Waals surface area contributed by atoms with Crippen molar-refractivity contribution >= 4 is 10.0 Å². The molecule has 2 aromatic rings. The molecule has 112 valence electrons. The normalized spacial score (nSPS) is 11.6. The van der Waals surface area contributed by atoms with Crippen molar-refractivity contribution in [1.82, 2.24) is 14.9 Å². The molecule has 0 fully saturated rings. The molecule has 1 aromatic carbocycles. The summed E-state index contributed by atoms with van der Waals surface area (Å²) in [5.41, 5.74) is 2.63. The second-order valence-electron chi connectivity index (χ2n) is 4.74. The van der Waals surface area contributed by atoms with Crippen molar-refractivity contribution < 1.29 is 13.5 Å². The van der Waals surface area contributed by atoms with Crippen molar-refractivity contribution in [2.24, 2.45) is 0 Å². The molecule has 6 nitrogen and oxygen atoms in total. The number of aromatic nitrogens is 2. The van der Waals surface area contributed by atoms with E-state index < -0.39 is 10.0 Å². The number of sulfonamides is 1. The molecular weight excluding hydrogens is 290 g/mol. The number of aliphatic hydroxyl groups excluding tert-OH is 1. The van der Waals surface area contributed by atoms with Crippen molar-refractivity contribution in [2.75, 3.05) is 0 Å². The topological polar surface area (TPSA) is 92.2 Å². The molecule has 0 aliphatic heterocycles. The number of aliphatic hydroxyl groups is 1. The number of hydrogen-bond donors (Lipinski definition) is 2. The van der Waals surface area contributed by atoms with E-state index in [4.69, 9.17) is 0 Å². The molecule has 2 N–H and O–H groups in total. The number of hydrogen-bond acceptors (Lipinski definition) is 5. The van der Waals surface area contributed by atoms with E-state index in [-0.39, 0.29) is 18.0 Å². The van der Waals surface area contributed by atoms with E-state index in [9.17, 15) is 13.5 Å². The van der Waals surface area contributed by atoms with Gasteiger partial charge >= 0.3 is 0 Å². The zero-order valence-corrected chi connectivity index (χ0v) is 12.7. The largest absolute Gasteiger partial charge is 0.392 e. The maximum Gasteiger partial charge on any atom is 0.241 e. The average Bonchev–Trinajstić information content (AvgIpc) is 2.46. The quantitative estimate of drug-likeness (QED) is 0.862. The SMILES string of the molecule is Cc1cc(C)c(S(=O)(=O)NCc2cccnn2)cc1CO. The number of rotatable bonds is 5. The highest BCUT2D eigenvalue weighted by atomic mass is 32.2. The zero-order chi connectivity index (χ0) is 15.5. The molecule has 1 heterocycles. The fourth-order valence-electron chi connectivity index (χ4n) is 2.01. The summed E-state index contributed by atoms with van der Waals surface area (Å²) in [7, 11) is -3.67. The first-order chi connectivity index (χ1) is 9.94. The van der Waals surface area contributed by atoms with E-state index in [1.807, 2.05) is 6.92 Å². The molecule has 0 aliphatic carbocycles. The van der Waals surface area contributed by atoms with Gasteiger partial charge in [0.2, 0.25) is 10.0 Å². The van der Waals surface area contributed by atoms with Crippen LogP contribution in [-0.2, 0) is 23.2 Å². The Morgan fingerprint density at radius 2 is 2.00 bits per heavy atom. The van der Waals surface area contributed by atoms with Crippen molar-refractivity contribution in [2.45, 2.75) is 31.9 Å². The van der Waals surface area contributed by atoms with Crippen LogP contribution in [0, 0.1) is 13.8 Å². The van der Waals surface area contributed by atoms with Gasteiger partial charge in [0.1, 0.15) is 0 Å². The van der Waals surface area contributed by atoms with E-state index in [1.54, 1.807) is 25.1 Å². The maximum atomic E-state index is 12.4. The highest BCUT2D eigenvalue weighted by Crippen LogP contribution is 2.20. The molecule has 0 bridgehead atoms. The van der Waals surface area contributed by atoms with E-state index >= 15 is 0 Å². The second-order valence-corrected chi connectivity index (χ2v) is 6.48. The third-order valence-electron chi connectivity index (χ3n) is 3.16. The van der Waals surface area contributed by atoms with Gasteiger partial charge in [0.25, 0.3) is 0 Å². The van der Waals surface area contributed by atoms with Gasteiger partial charge in [-0.05, 0) is 48.7 Å². The molecule has 2 rings (SSSR count). The van der Waals surface area contributed by atoms with E-state index in [0.717, 1.165) is 5.56 Å². The minimum atomic E-state index is -3.67. The molecule has 0 unspecified atom stereocenters. The third-order valence-corrected chi connectivity index (χ3v) is 4.71. The predicted octanol–water partition coefficient (Wildman–Crippen LogP) is 1.06. The molecule has 0 aliphatic rings. The number of nitrogens with zero attached hydrogens (tertiary/aromatic N) is 2. The van der Waals surface area contributed by atoms with Crippen molar-refractivity contribution in [1.29, 1.82) is 0 Å². The minimum Gasteiger partial charge on any atom is -0.392 e. The average molecular weight is 307 g/mol. The summed E-state index contributed by atoms with van der Waals surface area (Å²) in [5, 5.41) is 16.8. The summed E-state index contributed by atoms with van der Waals surface area (Å²) in [5.74, 6) is 0. The van der Waals surface area contributed by atoms with Gasteiger partial charge in [-0.25, -0.2) is 13.1 Å². The van der Waals surface area contributed by atoms with Crippen LogP contribution in [0.1, 0.15) is 22.4 Å². The van der Waals surface area contributed by atoms with Gasteiger partial charge in [-0.15, -0.1) is 0 Å². The first kappa shape index (κ1) is 15.6. The predicted molar refractivity (Wildman–Crippen MR) is 77.9 cm³/mol. The Morgan fingerprint density at radius 1 is 1.24 bits per heavy atom. The summed E-state index contributed by atoms with van der Waals surface area (Å²) in [4.78, 5) is 0.168. The summed E-state index contributed by atoms with van der Waals surface area (Å²) in [6.45, 7) is 3.43. The van der Waals surface area contributed by atoms with Crippen molar-refractivity contribution in [3.05, 3.63) is 52.8 Å². The van der Waals surface area contributed by atoms with Crippen molar-refractivity contribution in [3.8, 4) is 0 Å². The van der Waals surface area contributed by atoms with Gasteiger partial charge < -0.3 is 5.11 Å². The Morgan fingerprint density at radius 3 is 2.62 bits per heavy atom. The van der Waals surface area contributed by atoms with Gasteiger partial charge in [-0.1, -0.05) is 6.07 Å². The molecule has 0 saturated carbocycles. The second kappa shape index (κ2) is 6.30. The molecule has 0 spiro atoms. The smallest absolute Gasteiger partial charge is 0.241 e. The summed E-state index contributed by atoms with van der Waals surface area (Å²) in [6, 6.07) is 6.64. The Labute approximate surface area is 123 Å². The van der Waals surface area contributed by atoms with Crippen LogP contribution in [0.3, 0.4) is 0 Å². The highest BCUT2D eigenvalue weighted by Gasteiger charge is 2.18. The molecule has 21 heavy (non-hydrogen) atoms. The Kier molecular flexibility index (Phi) is 4.66. The first-order valence-electron chi connectivity index (χ1n) is 6.41. The standard InChI is InChI=1S/C14H17N3O3S/c1-10-6-11(2)14(7-12(10)9-18)21(19,20)16-8-13-4-3-5-15-17-13/h3-7,16,18H,8-9H2,1-2H3. The highest BCUT2D eigenvalue weighted by molar-refractivity contribution is 7.89. The Hall–Kier alpha value is -1.83. The number of benzene rings is 1. The van der Waals surface area contributed by atoms with Gasteiger partial charge in [0.05, 0.1) is 23.7 Å². The van der Waals surface area contributed by atoms with Crippen LogP contribution in [-0.4, -0.2) is 23.7 Å². The van der Waals surface area contributed by atoms with Gasteiger partial charge in [0.15, 0.2) is 0 Å². The molecular formula is C14H17N3O3S. The lowest BCUT2D eigenvalue weighted by molar-refractivity contribution is 0.280. The van der Waals surface area contributed by atoms with Crippen LogP contribution in [0.2, 0.25) is 0 Å². The zero-order valence-electron chi connectivity index (χ0n) is 11.9. The summed E-state index contributed by atoms with van der Waals surface area (Å²) >= 11 is 0. The lowest BCUT2D eigenvalue weighted by Crippen LogP contribution is -2.25. The maximum absolute atomic E-state index is 12.4. The lowest BCUT2D eigenvalue weighted by atomic mass is 10.1. The monoisotopic (exact) mass is 307 g/mol. The van der Waals surface area contributed by atoms with E-state index in [0.29, 0.717) is 16.8 Å². The Bertz CT molecular complexity index is 731. The van der Waals surface area contributed by atoms with Gasteiger partial charge in [-0.3, -0.25) is 0 Å². The van der Waals surface area contributed by atoms with Gasteiger partial charge in [0, 0.05) is 6.20 Å². The molecule has 1 aromatic heterocycles. The lowest BCUT2D eigenvalue weighted by Gasteiger charge is -2.12. The number of nitrogens with one attached hydrogen (secondary N) is 1. The van der Waals surface area contributed by atoms with Crippen molar-refractivity contribution in [3.63, 3.8) is 0 Å². The molecule has 0 saturated heterocycles. The Balaban J connectivity index is 2.27. The van der Waals surface area contributed by atoms with Crippen LogP contribution in [0.4, 0.5) is 0 Å². The van der Waals surface area contributed by atoms with Crippen LogP contribution in [0.25, 0.3) is 0 Å². The first-order valence-corrected chi connectivity index (χ1v) is 7.89. The summed E-state index contributed by atoms with van der Waals surface area (Å²) in [6.07, 6.45) is 1.52. The molecule has 7 heteroatoms.